The maximum atomic E-state index is 13.0. The number of hydrogen-bond donors (Lipinski definition) is 0. The van der Waals surface area contributed by atoms with Gasteiger partial charge in [0.1, 0.15) is 6.04 Å². The van der Waals surface area contributed by atoms with Crippen molar-refractivity contribution in [3.05, 3.63) is 12.7 Å². The second-order valence-corrected chi connectivity index (χ2v) is 3.56. The number of carbonyl (C=O) groups is 1. The van der Waals surface area contributed by atoms with E-state index >= 15 is 0 Å². The molecule has 0 bridgehead atoms. The molecule has 1 atom stereocenters. The van der Waals surface area contributed by atoms with Crippen molar-refractivity contribution in [1.82, 2.24) is 4.90 Å². The minimum atomic E-state index is -3.17. The monoisotopic (exact) mass is 189 g/mol. The van der Waals surface area contributed by atoms with E-state index in [0.29, 0.717) is 0 Å². The van der Waals surface area contributed by atoms with Crippen LogP contribution in [0, 0.1) is 5.92 Å². The normalized spacial score (nSPS) is 26.1. The van der Waals surface area contributed by atoms with Crippen LogP contribution in [0.5, 0.6) is 0 Å². The Balaban J connectivity index is 2.78. The molecule has 0 aromatic rings. The van der Waals surface area contributed by atoms with Crippen LogP contribution < -0.4 is 0 Å². The van der Waals surface area contributed by atoms with E-state index in [1.165, 1.54) is 6.08 Å². The number of hydrogen-bond acceptors (Lipinski definition) is 1. The minimum Gasteiger partial charge on any atom is -0.324 e. The van der Waals surface area contributed by atoms with Gasteiger partial charge in [-0.05, 0) is 5.92 Å². The van der Waals surface area contributed by atoms with Crippen molar-refractivity contribution in [3.8, 4) is 0 Å². The largest absolute Gasteiger partial charge is 0.344 e. The summed E-state index contributed by atoms with van der Waals surface area (Å²) in [4.78, 5) is 12.1. The van der Waals surface area contributed by atoms with Gasteiger partial charge in [-0.25, -0.2) is 0 Å². The molecule has 1 unspecified atom stereocenters. The maximum Gasteiger partial charge on any atom is 0.344 e. The lowest BCUT2D eigenvalue weighted by molar-refractivity contribution is -0.208. The Bertz CT molecular complexity index is 238. The molecule has 0 aromatic carbocycles. The van der Waals surface area contributed by atoms with E-state index in [1.807, 2.05) is 0 Å². The number of likely N-dealkylation sites (tertiary alicyclic amines) is 1. The fourth-order valence-electron chi connectivity index (χ4n) is 1.69. The molecule has 74 valence electrons. The molecule has 0 aliphatic carbocycles. The summed E-state index contributed by atoms with van der Waals surface area (Å²) in [5.74, 6) is -4.48. The van der Waals surface area contributed by atoms with Crippen molar-refractivity contribution in [1.29, 1.82) is 0 Å². The Hall–Kier alpha value is -0.930. The number of rotatable bonds is 3. The SMILES string of the molecule is C=CCN1C(=O)C(F)(F)C1C(C)C. The third-order valence-electron chi connectivity index (χ3n) is 2.21. The molecular formula is C9H13F2NO. The lowest BCUT2D eigenvalue weighted by atomic mass is 9.87. The topological polar surface area (TPSA) is 20.3 Å². The zero-order valence-corrected chi connectivity index (χ0v) is 7.76. The Morgan fingerprint density at radius 1 is 1.69 bits per heavy atom. The van der Waals surface area contributed by atoms with Gasteiger partial charge in [-0.15, -0.1) is 6.58 Å². The smallest absolute Gasteiger partial charge is 0.324 e. The van der Waals surface area contributed by atoms with Gasteiger partial charge in [0, 0.05) is 6.54 Å². The molecule has 1 aliphatic rings. The average Bonchev–Trinajstić information content (AvgIpc) is 2.02. The minimum absolute atomic E-state index is 0.206. The van der Waals surface area contributed by atoms with E-state index in [2.05, 4.69) is 6.58 Å². The number of carbonyl (C=O) groups excluding carboxylic acids is 1. The van der Waals surface area contributed by atoms with Crippen LogP contribution in [0.4, 0.5) is 8.78 Å². The van der Waals surface area contributed by atoms with Crippen molar-refractivity contribution < 1.29 is 13.6 Å². The Morgan fingerprint density at radius 2 is 2.23 bits per heavy atom. The number of β-lactam (4-membered cyclic amide) rings is 1. The van der Waals surface area contributed by atoms with Gasteiger partial charge in [0.2, 0.25) is 0 Å². The van der Waals surface area contributed by atoms with Gasteiger partial charge in [-0.3, -0.25) is 4.79 Å². The van der Waals surface area contributed by atoms with Crippen LogP contribution in [0.1, 0.15) is 13.8 Å². The summed E-state index contributed by atoms with van der Waals surface area (Å²) in [5.41, 5.74) is 0. The molecule has 1 heterocycles. The summed E-state index contributed by atoms with van der Waals surface area (Å²) in [6.45, 7) is 6.99. The highest BCUT2D eigenvalue weighted by atomic mass is 19.3. The predicted octanol–water partition coefficient (Wildman–Crippen LogP) is 1.67. The molecule has 2 nitrogen and oxygen atoms in total. The van der Waals surface area contributed by atoms with Gasteiger partial charge in [0.05, 0.1) is 0 Å². The van der Waals surface area contributed by atoms with Crippen LogP contribution in [-0.4, -0.2) is 29.3 Å². The van der Waals surface area contributed by atoms with Crippen molar-refractivity contribution in [2.45, 2.75) is 25.8 Å². The van der Waals surface area contributed by atoms with Crippen molar-refractivity contribution in [2.75, 3.05) is 6.54 Å². The molecule has 1 amide bonds. The van der Waals surface area contributed by atoms with Gasteiger partial charge in [0.15, 0.2) is 0 Å². The highest BCUT2D eigenvalue weighted by Crippen LogP contribution is 2.39. The molecule has 1 rings (SSSR count). The van der Waals surface area contributed by atoms with E-state index < -0.39 is 17.9 Å². The molecule has 1 aliphatic heterocycles. The summed E-state index contributed by atoms with van der Waals surface area (Å²) < 4.78 is 26.0. The van der Waals surface area contributed by atoms with E-state index in [4.69, 9.17) is 0 Å². The number of amides is 1. The van der Waals surface area contributed by atoms with Crippen LogP contribution in [0.15, 0.2) is 12.7 Å². The molecule has 1 fully saturated rings. The lowest BCUT2D eigenvalue weighted by Gasteiger charge is -2.48. The quantitative estimate of drug-likeness (QED) is 0.488. The highest BCUT2D eigenvalue weighted by Gasteiger charge is 2.63. The van der Waals surface area contributed by atoms with Gasteiger partial charge in [-0.1, -0.05) is 19.9 Å². The fraction of sp³-hybridized carbons (Fsp3) is 0.667. The van der Waals surface area contributed by atoms with E-state index in [1.54, 1.807) is 13.8 Å². The zero-order valence-electron chi connectivity index (χ0n) is 7.76. The highest BCUT2D eigenvalue weighted by molar-refractivity contribution is 5.91. The number of alkyl halides is 2. The first-order valence-electron chi connectivity index (χ1n) is 4.22. The summed E-state index contributed by atoms with van der Waals surface area (Å²) in [7, 11) is 0. The molecule has 1 saturated heterocycles. The third kappa shape index (κ3) is 1.34. The van der Waals surface area contributed by atoms with Crippen LogP contribution in [-0.2, 0) is 4.79 Å². The van der Waals surface area contributed by atoms with Crippen molar-refractivity contribution >= 4 is 5.91 Å². The first-order chi connectivity index (χ1) is 5.92. The summed E-state index contributed by atoms with van der Waals surface area (Å²) in [6.07, 6.45) is 1.46. The first kappa shape index (κ1) is 10.2. The number of halogens is 2. The van der Waals surface area contributed by atoms with Crippen LogP contribution in [0.3, 0.4) is 0 Å². The van der Waals surface area contributed by atoms with Gasteiger partial charge < -0.3 is 4.90 Å². The molecule has 0 N–H and O–H groups in total. The van der Waals surface area contributed by atoms with Crippen molar-refractivity contribution in [3.63, 3.8) is 0 Å². The first-order valence-corrected chi connectivity index (χ1v) is 4.22. The number of nitrogens with zero attached hydrogens (tertiary/aromatic N) is 1. The van der Waals surface area contributed by atoms with Crippen LogP contribution in [0.25, 0.3) is 0 Å². The van der Waals surface area contributed by atoms with E-state index in [-0.39, 0.29) is 12.5 Å². The Labute approximate surface area is 76.2 Å². The lowest BCUT2D eigenvalue weighted by Crippen LogP contribution is -2.71. The molecule has 0 spiro atoms. The summed E-state index contributed by atoms with van der Waals surface area (Å²) >= 11 is 0. The van der Waals surface area contributed by atoms with E-state index in [0.717, 1.165) is 4.90 Å². The molecule has 13 heavy (non-hydrogen) atoms. The standard InChI is InChI=1S/C9H13F2NO/c1-4-5-12-7(6(2)3)9(10,11)8(12)13/h4,6-7H,1,5H2,2-3H3. The average molecular weight is 189 g/mol. The molecule has 0 saturated carbocycles. The van der Waals surface area contributed by atoms with Gasteiger partial charge >= 0.3 is 5.92 Å². The molecule has 0 radical (unpaired) electrons. The van der Waals surface area contributed by atoms with Gasteiger partial charge in [-0.2, -0.15) is 8.78 Å². The van der Waals surface area contributed by atoms with Crippen LogP contribution >= 0.6 is 0 Å². The molecular weight excluding hydrogens is 176 g/mol. The molecule has 0 aromatic heterocycles. The maximum absolute atomic E-state index is 13.0. The third-order valence-corrected chi connectivity index (χ3v) is 2.21. The van der Waals surface area contributed by atoms with Crippen molar-refractivity contribution in [2.24, 2.45) is 5.92 Å². The zero-order chi connectivity index (χ0) is 10.2. The fourth-order valence-corrected chi connectivity index (χ4v) is 1.69. The predicted molar refractivity (Wildman–Crippen MR) is 45.5 cm³/mol. The van der Waals surface area contributed by atoms with E-state index in [9.17, 15) is 13.6 Å². The second-order valence-electron chi connectivity index (χ2n) is 3.56. The van der Waals surface area contributed by atoms with Crippen LogP contribution in [0.2, 0.25) is 0 Å². The summed E-state index contributed by atoms with van der Waals surface area (Å²) in [6, 6.07) is -0.960. The molecule has 4 heteroatoms. The second kappa shape index (κ2) is 3.09. The Kier molecular flexibility index (Phi) is 2.41. The van der Waals surface area contributed by atoms with Gasteiger partial charge in [0.25, 0.3) is 5.91 Å². The Morgan fingerprint density at radius 3 is 2.62 bits per heavy atom. The summed E-state index contributed by atoms with van der Waals surface area (Å²) in [5, 5.41) is 0.